The van der Waals surface area contributed by atoms with Crippen molar-refractivity contribution in [3.8, 4) is 0 Å². The summed E-state index contributed by atoms with van der Waals surface area (Å²) in [5.74, 6) is 1.03. The number of aromatic nitrogens is 2. The lowest BCUT2D eigenvalue weighted by molar-refractivity contribution is 0.101. The molecule has 2 aliphatic rings. The van der Waals surface area contributed by atoms with Crippen LogP contribution in [-0.2, 0) is 0 Å². The Bertz CT molecular complexity index is 743. The fourth-order valence-electron chi connectivity index (χ4n) is 3.77. The summed E-state index contributed by atoms with van der Waals surface area (Å²) in [6.45, 7) is 4.87. The second-order valence-corrected chi connectivity index (χ2v) is 7.47. The van der Waals surface area contributed by atoms with Crippen molar-refractivity contribution in [1.82, 2.24) is 14.9 Å². The fourth-order valence-corrected chi connectivity index (χ4v) is 4.60. The van der Waals surface area contributed by atoms with Gasteiger partial charge in [-0.25, -0.2) is 9.97 Å². The average molecular weight is 316 g/mol. The molecule has 4 heterocycles. The number of thiazole rings is 1. The van der Waals surface area contributed by atoms with E-state index in [1.54, 1.807) is 6.92 Å². The zero-order chi connectivity index (χ0) is 15.3. The largest absolute Gasteiger partial charge is 0.355 e. The number of ketones is 1. The molecule has 0 bridgehead atoms. The second-order valence-electron chi connectivity index (χ2n) is 6.49. The van der Waals surface area contributed by atoms with Crippen LogP contribution in [0.15, 0.2) is 12.1 Å². The maximum Gasteiger partial charge on any atom is 0.188 e. The average Bonchev–Trinajstić information content (AvgIpc) is 3.19. The smallest absolute Gasteiger partial charge is 0.188 e. The van der Waals surface area contributed by atoms with Gasteiger partial charge in [-0.15, -0.1) is 0 Å². The number of hydrogen-bond donors (Lipinski definition) is 0. The summed E-state index contributed by atoms with van der Waals surface area (Å²) in [6, 6.07) is 4.03. The molecule has 5 nitrogen and oxygen atoms in total. The van der Waals surface area contributed by atoms with E-state index >= 15 is 0 Å². The van der Waals surface area contributed by atoms with Gasteiger partial charge in [0.05, 0.1) is 0 Å². The molecule has 0 aliphatic carbocycles. The van der Waals surface area contributed by atoms with E-state index in [0.29, 0.717) is 10.5 Å². The zero-order valence-corrected chi connectivity index (χ0v) is 13.8. The normalized spacial score (nSPS) is 25.6. The summed E-state index contributed by atoms with van der Waals surface area (Å²) in [7, 11) is 2.25. The van der Waals surface area contributed by atoms with Crippen LogP contribution in [0.25, 0.3) is 10.3 Å². The third-order valence-corrected chi connectivity index (χ3v) is 6.21. The van der Waals surface area contributed by atoms with Gasteiger partial charge in [-0.2, -0.15) is 0 Å². The molecule has 0 aromatic carbocycles. The van der Waals surface area contributed by atoms with E-state index in [9.17, 15) is 4.79 Å². The third kappa shape index (κ3) is 2.13. The van der Waals surface area contributed by atoms with Gasteiger partial charge in [0.2, 0.25) is 0 Å². The van der Waals surface area contributed by atoms with Crippen molar-refractivity contribution in [3.05, 3.63) is 17.1 Å². The highest BCUT2D eigenvalue weighted by Crippen LogP contribution is 2.38. The summed E-state index contributed by atoms with van der Waals surface area (Å²) >= 11 is 1.39. The van der Waals surface area contributed by atoms with E-state index in [0.717, 1.165) is 29.3 Å². The second kappa shape index (κ2) is 4.99. The van der Waals surface area contributed by atoms with E-state index in [1.807, 2.05) is 12.1 Å². The molecular formula is C16H20N4OS. The van der Waals surface area contributed by atoms with Gasteiger partial charge >= 0.3 is 0 Å². The van der Waals surface area contributed by atoms with E-state index < -0.39 is 0 Å². The van der Waals surface area contributed by atoms with Crippen molar-refractivity contribution in [2.75, 3.05) is 31.6 Å². The first-order valence-electron chi connectivity index (χ1n) is 7.82. The van der Waals surface area contributed by atoms with Gasteiger partial charge in [0.25, 0.3) is 0 Å². The van der Waals surface area contributed by atoms with E-state index in [4.69, 9.17) is 4.98 Å². The lowest BCUT2D eigenvalue weighted by Gasteiger charge is -2.32. The highest BCUT2D eigenvalue weighted by atomic mass is 32.1. The molecule has 0 N–H and O–H groups in total. The van der Waals surface area contributed by atoms with Gasteiger partial charge in [-0.05, 0) is 45.0 Å². The number of pyridine rings is 1. The summed E-state index contributed by atoms with van der Waals surface area (Å²) in [5.41, 5.74) is 1.17. The molecule has 0 amide bonds. The molecule has 2 saturated heterocycles. The van der Waals surface area contributed by atoms with Crippen LogP contribution in [0.1, 0.15) is 36.0 Å². The van der Waals surface area contributed by atoms with Crippen LogP contribution in [0, 0.1) is 0 Å². The first-order valence-corrected chi connectivity index (χ1v) is 8.64. The maximum atomic E-state index is 11.5. The van der Waals surface area contributed by atoms with Crippen molar-refractivity contribution in [2.24, 2.45) is 0 Å². The first kappa shape index (κ1) is 14.1. The number of rotatable bonds is 2. The van der Waals surface area contributed by atoms with Crippen molar-refractivity contribution in [1.29, 1.82) is 0 Å². The lowest BCUT2D eigenvalue weighted by Crippen LogP contribution is -2.43. The number of hydrogen-bond acceptors (Lipinski definition) is 6. The molecule has 6 heteroatoms. The van der Waals surface area contributed by atoms with Crippen molar-refractivity contribution >= 4 is 33.3 Å². The van der Waals surface area contributed by atoms with E-state index in [1.165, 1.54) is 37.1 Å². The quantitative estimate of drug-likeness (QED) is 0.797. The van der Waals surface area contributed by atoms with Crippen LogP contribution in [-0.4, -0.2) is 52.9 Å². The number of carbonyl (C=O) groups is 1. The Balaban J connectivity index is 1.63. The number of anilines is 1. The Kier molecular flexibility index (Phi) is 3.20. The van der Waals surface area contributed by atoms with Crippen LogP contribution in [0.5, 0.6) is 0 Å². The Labute approximate surface area is 134 Å². The topological polar surface area (TPSA) is 49.3 Å². The minimum atomic E-state index is 0.0113. The minimum absolute atomic E-state index is 0.0113. The van der Waals surface area contributed by atoms with Crippen molar-refractivity contribution in [2.45, 2.75) is 31.7 Å². The molecule has 1 atom stereocenters. The third-order valence-electron chi connectivity index (χ3n) is 5.14. The molecule has 4 rings (SSSR count). The fraction of sp³-hybridized carbons (Fsp3) is 0.562. The predicted octanol–water partition coefficient (Wildman–Crippen LogP) is 2.57. The van der Waals surface area contributed by atoms with Crippen molar-refractivity contribution in [3.63, 3.8) is 0 Å². The number of carbonyl (C=O) groups excluding carboxylic acids is 1. The summed E-state index contributed by atoms with van der Waals surface area (Å²) < 4.78 is 0. The Morgan fingerprint density at radius 2 is 2.14 bits per heavy atom. The Morgan fingerprint density at radius 3 is 2.86 bits per heavy atom. The summed E-state index contributed by atoms with van der Waals surface area (Å²) in [5, 5.41) is 0.549. The van der Waals surface area contributed by atoms with Gasteiger partial charge < -0.3 is 4.90 Å². The lowest BCUT2D eigenvalue weighted by atomic mass is 9.96. The zero-order valence-electron chi connectivity index (χ0n) is 13.0. The molecule has 2 aliphatic heterocycles. The number of likely N-dealkylation sites (N-methyl/N-ethyl adjacent to an activating group) is 1. The highest BCUT2D eigenvalue weighted by Gasteiger charge is 2.44. The molecular weight excluding hydrogens is 296 g/mol. The number of nitrogens with zero attached hydrogens (tertiary/aromatic N) is 4. The van der Waals surface area contributed by atoms with Gasteiger partial charge in [0, 0.05) is 25.6 Å². The Hall–Kier alpha value is -1.53. The summed E-state index contributed by atoms with van der Waals surface area (Å²) in [4.78, 5) is 26.3. The molecule has 22 heavy (non-hydrogen) atoms. The van der Waals surface area contributed by atoms with Crippen LogP contribution in [0.3, 0.4) is 0 Å². The Morgan fingerprint density at radius 1 is 1.27 bits per heavy atom. The molecule has 1 spiro atoms. The van der Waals surface area contributed by atoms with Crippen LogP contribution < -0.4 is 4.90 Å². The molecule has 2 aromatic rings. The standard InChI is InChI=1S/C16H20N4OS/c1-11(21)14-17-12-4-5-13(18-15(12)22-14)20-9-7-16(10-20)6-3-8-19(16)2/h4-5H,3,6-10H2,1-2H3. The van der Waals surface area contributed by atoms with E-state index in [2.05, 4.69) is 21.8 Å². The van der Waals surface area contributed by atoms with Crippen molar-refractivity contribution < 1.29 is 4.79 Å². The number of likely N-dealkylation sites (tertiary alicyclic amines) is 1. The van der Waals surface area contributed by atoms with Gasteiger partial charge in [0.15, 0.2) is 10.8 Å². The minimum Gasteiger partial charge on any atom is -0.355 e. The van der Waals surface area contributed by atoms with Gasteiger partial charge in [-0.3, -0.25) is 9.69 Å². The first-order chi connectivity index (χ1) is 10.6. The SMILES string of the molecule is CC(=O)c1nc2ccc(N3CCC4(CCCN4C)C3)nc2s1. The molecule has 2 fully saturated rings. The molecule has 0 saturated carbocycles. The highest BCUT2D eigenvalue weighted by molar-refractivity contribution is 7.19. The molecule has 116 valence electrons. The van der Waals surface area contributed by atoms with E-state index in [-0.39, 0.29) is 5.78 Å². The number of Topliss-reactive ketones (excluding diaryl/α,β-unsaturated/α-hetero) is 1. The van der Waals surface area contributed by atoms with Crippen LogP contribution >= 0.6 is 11.3 Å². The summed E-state index contributed by atoms with van der Waals surface area (Å²) in [6.07, 6.45) is 3.80. The maximum absolute atomic E-state index is 11.5. The van der Waals surface area contributed by atoms with Gasteiger partial charge in [0.1, 0.15) is 16.2 Å². The number of fused-ring (bicyclic) bond motifs is 1. The molecule has 2 aromatic heterocycles. The van der Waals surface area contributed by atoms with Gasteiger partial charge in [-0.1, -0.05) is 11.3 Å². The monoisotopic (exact) mass is 316 g/mol. The molecule has 0 radical (unpaired) electrons. The molecule has 1 unspecified atom stereocenters. The van der Waals surface area contributed by atoms with Crippen LogP contribution in [0.2, 0.25) is 0 Å². The predicted molar refractivity (Wildman–Crippen MR) is 88.8 cm³/mol. The van der Waals surface area contributed by atoms with Crippen LogP contribution in [0.4, 0.5) is 5.82 Å².